The SMILES string of the molecule is CN(C)CCNc1ccc(NS(=O)(=O)CCCc2ccccc2)cn1. The second-order valence-corrected chi connectivity index (χ2v) is 8.01. The van der Waals surface area contributed by atoms with E-state index < -0.39 is 10.0 Å². The van der Waals surface area contributed by atoms with Gasteiger partial charge < -0.3 is 10.2 Å². The first-order chi connectivity index (χ1) is 11.9. The van der Waals surface area contributed by atoms with Crippen molar-refractivity contribution in [3.05, 3.63) is 54.2 Å². The molecule has 0 aliphatic rings. The fourth-order valence-corrected chi connectivity index (χ4v) is 3.41. The van der Waals surface area contributed by atoms with Crippen molar-refractivity contribution < 1.29 is 8.42 Å². The fourth-order valence-electron chi connectivity index (χ4n) is 2.31. The van der Waals surface area contributed by atoms with Crippen molar-refractivity contribution in [3.63, 3.8) is 0 Å². The lowest BCUT2D eigenvalue weighted by Gasteiger charge is -2.11. The number of sulfonamides is 1. The number of rotatable bonds is 10. The maximum atomic E-state index is 12.2. The van der Waals surface area contributed by atoms with Gasteiger partial charge >= 0.3 is 0 Å². The van der Waals surface area contributed by atoms with Gasteiger partial charge in [-0.2, -0.15) is 0 Å². The summed E-state index contributed by atoms with van der Waals surface area (Å²) in [5.41, 5.74) is 1.63. The normalized spacial score (nSPS) is 11.5. The third kappa shape index (κ3) is 7.53. The largest absolute Gasteiger partial charge is 0.369 e. The van der Waals surface area contributed by atoms with Gasteiger partial charge in [0.05, 0.1) is 17.6 Å². The van der Waals surface area contributed by atoms with Crippen LogP contribution in [0.1, 0.15) is 12.0 Å². The molecule has 0 atom stereocenters. The molecular formula is C18H26N4O2S. The standard InChI is InChI=1S/C18H26N4O2S/c1-22(2)13-12-19-18-11-10-17(15-20-18)21-25(23,24)14-6-9-16-7-4-3-5-8-16/h3-5,7-8,10-11,15,21H,6,9,12-14H2,1-2H3,(H,19,20). The van der Waals surface area contributed by atoms with Gasteiger partial charge in [-0.05, 0) is 44.6 Å². The Hall–Kier alpha value is -2.12. The molecule has 1 heterocycles. The number of hydrogen-bond donors (Lipinski definition) is 2. The topological polar surface area (TPSA) is 74.3 Å². The smallest absolute Gasteiger partial charge is 0.232 e. The van der Waals surface area contributed by atoms with Crippen LogP contribution in [0, 0.1) is 0 Å². The monoisotopic (exact) mass is 362 g/mol. The fraction of sp³-hybridized carbons (Fsp3) is 0.389. The minimum Gasteiger partial charge on any atom is -0.369 e. The van der Waals surface area contributed by atoms with Crippen molar-refractivity contribution in [2.45, 2.75) is 12.8 Å². The Morgan fingerprint density at radius 3 is 2.48 bits per heavy atom. The minimum atomic E-state index is -3.36. The summed E-state index contributed by atoms with van der Waals surface area (Å²) in [7, 11) is 0.647. The highest BCUT2D eigenvalue weighted by atomic mass is 32.2. The number of anilines is 2. The maximum Gasteiger partial charge on any atom is 0.232 e. The summed E-state index contributed by atoms with van der Waals surface area (Å²) >= 11 is 0. The van der Waals surface area contributed by atoms with Crippen LogP contribution >= 0.6 is 0 Å². The molecule has 6 nitrogen and oxygen atoms in total. The first kappa shape index (κ1) is 19.2. The zero-order valence-electron chi connectivity index (χ0n) is 14.8. The van der Waals surface area contributed by atoms with Crippen LogP contribution in [0.4, 0.5) is 11.5 Å². The van der Waals surface area contributed by atoms with E-state index in [9.17, 15) is 8.42 Å². The van der Waals surface area contributed by atoms with Gasteiger partial charge in [-0.25, -0.2) is 13.4 Å². The third-order valence-electron chi connectivity index (χ3n) is 3.62. The lowest BCUT2D eigenvalue weighted by molar-refractivity contribution is 0.425. The molecule has 0 bridgehead atoms. The van der Waals surface area contributed by atoms with Crippen molar-refractivity contribution in [1.82, 2.24) is 9.88 Å². The highest BCUT2D eigenvalue weighted by Crippen LogP contribution is 2.12. The van der Waals surface area contributed by atoms with Crippen LogP contribution in [-0.2, 0) is 16.4 Å². The van der Waals surface area contributed by atoms with Crippen LogP contribution < -0.4 is 10.0 Å². The van der Waals surface area contributed by atoms with E-state index in [1.165, 1.54) is 6.20 Å². The average Bonchev–Trinajstić information content (AvgIpc) is 2.57. The number of hydrogen-bond acceptors (Lipinski definition) is 5. The molecule has 0 aliphatic heterocycles. The highest BCUT2D eigenvalue weighted by molar-refractivity contribution is 7.92. The molecule has 0 fully saturated rings. The number of nitrogens with zero attached hydrogens (tertiary/aromatic N) is 2. The van der Waals surface area contributed by atoms with Gasteiger partial charge in [0, 0.05) is 13.1 Å². The predicted molar refractivity (Wildman–Crippen MR) is 103 cm³/mol. The van der Waals surface area contributed by atoms with Crippen molar-refractivity contribution >= 4 is 21.5 Å². The van der Waals surface area contributed by atoms with E-state index in [1.807, 2.05) is 44.4 Å². The van der Waals surface area contributed by atoms with Crippen LogP contribution in [0.5, 0.6) is 0 Å². The van der Waals surface area contributed by atoms with Gasteiger partial charge in [0.25, 0.3) is 0 Å². The predicted octanol–water partition coefficient (Wildman–Crippen LogP) is 2.43. The van der Waals surface area contributed by atoms with E-state index in [1.54, 1.807) is 12.1 Å². The van der Waals surface area contributed by atoms with E-state index >= 15 is 0 Å². The summed E-state index contributed by atoms with van der Waals surface area (Å²) in [6.07, 6.45) is 2.86. The Balaban J connectivity index is 1.79. The number of likely N-dealkylation sites (N-methyl/N-ethyl adjacent to an activating group) is 1. The number of nitrogens with one attached hydrogen (secondary N) is 2. The summed E-state index contributed by atoms with van der Waals surface area (Å²) in [5, 5.41) is 3.19. The van der Waals surface area contributed by atoms with Gasteiger partial charge in [-0.1, -0.05) is 30.3 Å². The van der Waals surface area contributed by atoms with E-state index in [-0.39, 0.29) is 5.75 Å². The Morgan fingerprint density at radius 1 is 1.08 bits per heavy atom. The van der Waals surface area contributed by atoms with Gasteiger partial charge in [0.1, 0.15) is 5.82 Å². The summed E-state index contributed by atoms with van der Waals surface area (Å²) < 4.78 is 26.9. The van der Waals surface area contributed by atoms with Crippen LogP contribution in [0.15, 0.2) is 48.7 Å². The van der Waals surface area contributed by atoms with Crippen molar-refractivity contribution in [3.8, 4) is 0 Å². The van der Waals surface area contributed by atoms with E-state index in [0.717, 1.165) is 30.9 Å². The second kappa shape index (κ2) is 9.39. The molecule has 1 aromatic carbocycles. The molecule has 1 aromatic heterocycles. The Morgan fingerprint density at radius 2 is 1.84 bits per heavy atom. The third-order valence-corrected chi connectivity index (χ3v) is 5.00. The maximum absolute atomic E-state index is 12.2. The van der Waals surface area contributed by atoms with Crippen LogP contribution in [0.3, 0.4) is 0 Å². The number of aromatic nitrogens is 1. The van der Waals surface area contributed by atoms with Crippen LogP contribution in [0.2, 0.25) is 0 Å². The molecule has 2 aromatic rings. The first-order valence-electron chi connectivity index (χ1n) is 8.34. The van der Waals surface area contributed by atoms with Crippen molar-refractivity contribution in [2.75, 3.05) is 43.0 Å². The summed E-state index contributed by atoms with van der Waals surface area (Å²) in [6, 6.07) is 13.4. The molecule has 0 saturated carbocycles. The van der Waals surface area contributed by atoms with Crippen LogP contribution in [0.25, 0.3) is 0 Å². The van der Waals surface area contributed by atoms with Crippen molar-refractivity contribution in [2.24, 2.45) is 0 Å². The molecule has 0 saturated heterocycles. The first-order valence-corrected chi connectivity index (χ1v) is 9.99. The molecule has 7 heteroatoms. The van der Waals surface area contributed by atoms with Gasteiger partial charge in [-0.3, -0.25) is 4.72 Å². The summed E-state index contributed by atoms with van der Waals surface area (Å²) in [5.74, 6) is 0.818. The number of benzene rings is 1. The van der Waals surface area contributed by atoms with Gasteiger partial charge in [-0.15, -0.1) is 0 Å². The molecule has 0 amide bonds. The molecule has 136 valence electrons. The average molecular weight is 362 g/mol. The van der Waals surface area contributed by atoms with E-state index in [2.05, 4.69) is 19.9 Å². The molecule has 25 heavy (non-hydrogen) atoms. The van der Waals surface area contributed by atoms with Gasteiger partial charge in [0.2, 0.25) is 10.0 Å². The number of aryl methyl sites for hydroxylation is 1. The van der Waals surface area contributed by atoms with E-state index in [4.69, 9.17) is 0 Å². The molecule has 0 radical (unpaired) electrons. The van der Waals surface area contributed by atoms with Crippen molar-refractivity contribution in [1.29, 1.82) is 0 Å². The molecule has 2 rings (SSSR count). The van der Waals surface area contributed by atoms with Crippen LogP contribution in [-0.4, -0.2) is 51.2 Å². The number of pyridine rings is 1. The zero-order chi connectivity index (χ0) is 18.1. The van der Waals surface area contributed by atoms with E-state index in [0.29, 0.717) is 12.1 Å². The zero-order valence-corrected chi connectivity index (χ0v) is 15.6. The Kier molecular flexibility index (Phi) is 7.21. The molecule has 0 unspecified atom stereocenters. The molecular weight excluding hydrogens is 336 g/mol. The summed E-state index contributed by atoms with van der Waals surface area (Å²) in [6.45, 7) is 1.68. The quantitative estimate of drug-likeness (QED) is 0.679. The lowest BCUT2D eigenvalue weighted by atomic mass is 10.1. The second-order valence-electron chi connectivity index (χ2n) is 6.17. The Labute approximate surface area is 150 Å². The Bertz CT molecular complexity index is 731. The summed E-state index contributed by atoms with van der Waals surface area (Å²) in [4.78, 5) is 6.31. The lowest BCUT2D eigenvalue weighted by Crippen LogP contribution is -2.21. The van der Waals surface area contributed by atoms with Gasteiger partial charge in [0.15, 0.2) is 0 Å². The molecule has 0 aliphatic carbocycles. The minimum absolute atomic E-state index is 0.0880. The highest BCUT2D eigenvalue weighted by Gasteiger charge is 2.10. The molecule has 0 spiro atoms. The molecule has 2 N–H and O–H groups in total.